The van der Waals surface area contributed by atoms with Crippen LogP contribution in [0.1, 0.15) is 10.4 Å². The van der Waals surface area contributed by atoms with Gasteiger partial charge in [-0.15, -0.1) is 0 Å². The molecule has 124 valence electrons. The lowest BCUT2D eigenvalue weighted by atomic mass is 9.95. The van der Waals surface area contributed by atoms with Crippen LogP contribution in [-0.4, -0.2) is 29.7 Å². The summed E-state index contributed by atoms with van der Waals surface area (Å²) in [4.78, 5) is 11.1. The Bertz CT molecular complexity index is 574. The number of Topliss-reactive ketones (excluding diaryl/α,β-unsaturated/α-hetero) is 1. The van der Waals surface area contributed by atoms with Crippen LogP contribution >= 0.6 is 0 Å². The second-order valence-electron chi connectivity index (χ2n) is 4.03. The molecule has 0 saturated carbocycles. The first kappa shape index (κ1) is 18.2. The van der Waals surface area contributed by atoms with Crippen molar-refractivity contribution in [3.8, 4) is 0 Å². The van der Waals surface area contributed by atoms with Crippen molar-refractivity contribution in [2.24, 2.45) is 0 Å². The van der Waals surface area contributed by atoms with Crippen molar-refractivity contribution in [3.63, 3.8) is 0 Å². The van der Waals surface area contributed by atoms with Gasteiger partial charge in [0.1, 0.15) is 5.82 Å². The summed E-state index contributed by atoms with van der Waals surface area (Å²) in [6, 6.07) is 2.19. The standard InChI is InChI=1S/C11H4F10O/c12-6-4-2-1-3-5(6)7(22)8(13,14)9(15,16)10(17,18)11(19,20)21/h1-4H. The van der Waals surface area contributed by atoms with E-state index in [2.05, 4.69) is 0 Å². The fraction of sp³-hybridized carbons (Fsp3) is 0.364. The summed E-state index contributed by atoms with van der Waals surface area (Å²) < 4.78 is 126. The molecule has 0 fully saturated rings. The van der Waals surface area contributed by atoms with Gasteiger partial charge in [-0.3, -0.25) is 4.79 Å². The summed E-state index contributed by atoms with van der Waals surface area (Å²) in [7, 11) is 0. The Labute approximate surface area is 115 Å². The normalized spacial score (nSPS) is 14.1. The minimum absolute atomic E-state index is 0.243. The number of carbonyl (C=O) groups is 1. The van der Waals surface area contributed by atoms with Crippen LogP contribution in [0.25, 0.3) is 0 Å². The molecule has 0 aromatic heterocycles. The van der Waals surface area contributed by atoms with Crippen LogP contribution in [0.3, 0.4) is 0 Å². The van der Waals surface area contributed by atoms with Gasteiger partial charge in [-0.05, 0) is 12.1 Å². The average Bonchev–Trinajstić information content (AvgIpc) is 2.36. The number of rotatable bonds is 4. The molecular formula is C11H4F10O. The molecule has 0 bridgehead atoms. The van der Waals surface area contributed by atoms with Crippen LogP contribution in [0, 0.1) is 5.82 Å². The van der Waals surface area contributed by atoms with Crippen LogP contribution in [0.5, 0.6) is 0 Å². The molecule has 0 amide bonds. The van der Waals surface area contributed by atoms with E-state index in [1.165, 1.54) is 0 Å². The molecule has 0 aliphatic rings. The molecule has 1 nitrogen and oxygen atoms in total. The number of hydrogen-bond donors (Lipinski definition) is 0. The molecule has 1 aromatic carbocycles. The molecule has 0 unspecified atom stereocenters. The van der Waals surface area contributed by atoms with E-state index in [1.54, 1.807) is 0 Å². The van der Waals surface area contributed by atoms with Crippen LogP contribution < -0.4 is 0 Å². The van der Waals surface area contributed by atoms with Gasteiger partial charge in [-0.2, -0.15) is 39.5 Å². The molecular weight excluding hydrogens is 338 g/mol. The van der Waals surface area contributed by atoms with E-state index in [4.69, 9.17) is 0 Å². The lowest BCUT2D eigenvalue weighted by Crippen LogP contribution is -2.63. The first-order valence-corrected chi connectivity index (χ1v) is 5.17. The Balaban J connectivity index is 3.40. The van der Waals surface area contributed by atoms with Gasteiger partial charge in [0.15, 0.2) is 0 Å². The summed E-state index contributed by atoms with van der Waals surface area (Å²) in [5.74, 6) is -25.8. The average molecular weight is 342 g/mol. The fourth-order valence-electron chi connectivity index (χ4n) is 1.33. The lowest BCUT2D eigenvalue weighted by molar-refractivity contribution is -0.386. The zero-order valence-electron chi connectivity index (χ0n) is 10.00. The van der Waals surface area contributed by atoms with Crippen molar-refractivity contribution < 1.29 is 48.7 Å². The Kier molecular flexibility index (Phi) is 4.25. The quantitative estimate of drug-likeness (QED) is 0.583. The van der Waals surface area contributed by atoms with E-state index in [0.717, 1.165) is 12.1 Å². The van der Waals surface area contributed by atoms with Gasteiger partial charge in [0.2, 0.25) is 5.78 Å². The fourth-order valence-corrected chi connectivity index (χ4v) is 1.33. The third kappa shape index (κ3) is 2.52. The minimum atomic E-state index is -7.20. The molecule has 0 radical (unpaired) electrons. The van der Waals surface area contributed by atoms with Crippen molar-refractivity contribution in [2.45, 2.75) is 23.9 Å². The summed E-state index contributed by atoms with van der Waals surface area (Å²) in [5, 5.41) is 0. The number of hydrogen-bond acceptors (Lipinski definition) is 1. The first-order valence-electron chi connectivity index (χ1n) is 5.17. The van der Waals surface area contributed by atoms with Gasteiger partial charge in [-0.25, -0.2) is 4.39 Å². The van der Waals surface area contributed by atoms with Crippen LogP contribution in [0.15, 0.2) is 24.3 Å². The molecule has 0 atom stereocenters. The van der Waals surface area contributed by atoms with E-state index in [9.17, 15) is 48.7 Å². The molecule has 22 heavy (non-hydrogen) atoms. The largest absolute Gasteiger partial charge is 0.460 e. The Morgan fingerprint density at radius 3 is 1.64 bits per heavy atom. The van der Waals surface area contributed by atoms with Crippen LogP contribution in [0.2, 0.25) is 0 Å². The van der Waals surface area contributed by atoms with Gasteiger partial charge in [0, 0.05) is 0 Å². The predicted molar refractivity (Wildman–Crippen MR) is 51.6 cm³/mol. The highest BCUT2D eigenvalue weighted by atomic mass is 19.4. The number of alkyl halides is 9. The highest BCUT2D eigenvalue weighted by Crippen LogP contribution is 2.53. The third-order valence-corrected chi connectivity index (χ3v) is 2.55. The van der Waals surface area contributed by atoms with Gasteiger partial charge in [-0.1, -0.05) is 12.1 Å². The van der Waals surface area contributed by atoms with Gasteiger partial charge in [0.25, 0.3) is 0 Å². The maximum Gasteiger partial charge on any atom is 0.460 e. The summed E-state index contributed by atoms with van der Waals surface area (Å²) in [6.07, 6.45) is -7.05. The Hall–Kier alpha value is -1.81. The minimum Gasteiger partial charge on any atom is -0.287 e. The van der Waals surface area contributed by atoms with Crippen LogP contribution in [0.4, 0.5) is 43.9 Å². The molecule has 0 aliphatic heterocycles. The van der Waals surface area contributed by atoms with Crippen LogP contribution in [-0.2, 0) is 0 Å². The maximum absolute atomic E-state index is 13.2. The number of benzene rings is 1. The molecule has 0 N–H and O–H groups in total. The van der Waals surface area contributed by atoms with E-state index >= 15 is 0 Å². The predicted octanol–water partition coefficient (Wildman–Crippen LogP) is 4.48. The maximum atomic E-state index is 13.2. The van der Waals surface area contributed by atoms with E-state index in [1.807, 2.05) is 0 Å². The van der Waals surface area contributed by atoms with E-state index < -0.39 is 41.1 Å². The van der Waals surface area contributed by atoms with Gasteiger partial charge >= 0.3 is 23.9 Å². The number of ketones is 1. The Morgan fingerprint density at radius 1 is 0.773 bits per heavy atom. The highest BCUT2D eigenvalue weighted by Gasteiger charge is 2.83. The van der Waals surface area contributed by atoms with E-state index in [-0.39, 0.29) is 6.07 Å². The number of halogens is 10. The third-order valence-electron chi connectivity index (χ3n) is 2.55. The number of carbonyl (C=O) groups excluding carboxylic acids is 1. The lowest BCUT2D eigenvalue weighted by Gasteiger charge is -2.32. The summed E-state index contributed by atoms with van der Waals surface area (Å²) in [5.41, 5.74) is -1.75. The summed E-state index contributed by atoms with van der Waals surface area (Å²) in [6.45, 7) is 0. The van der Waals surface area contributed by atoms with Gasteiger partial charge < -0.3 is 0 Å². The van der Waals surface area contributed by atoms with Crippen molar-refractivity contribution in [3.05, 3.63) is 35.6 Å². The second kappa shape index (κ2) is 5.13. The molecule has 0 heterocycles. The zero-order valence-corrected chi connectivity index (χ0v) is 10.00. The zero-order chi connectivity index (χ0) is 17.6. The molecule has 1 rings (SSSR count). The smallest absolute Gasteiger partial charge is 0.287 e. The van der Waals surface area contributed by atoms with Crippen molar-refractivity contribution in [1.82, 2.24) is 0 Å². The SMILES string of the molecule is O=C(c1ccccc1F)C(F)(F)C(F)(F)C(F)(F)C(F)(F)F. The van der Waals surface area contributed by atoms with Gasteiger partial charge in [0.05, 0.1) is 5.56 Å². The summed E-state index contributed by atoms with van der Waals surface area (Å²) >= 11 is 0. The molecule has 0 saturated heterocycles. The second-order valence-corrected chi connectivity index (χ2v) is 4.03. The molecule has 1 aromatic rings. The Morgan fingerprint density at radius 2 is 1.23 bits per heavy atom. The molecule has 0 aliphatic carbocycles. The van der Waals surface area contributed by atoms with Crippen molar-refractivity contribution >= 4 is 5.78 Å². The van der Waals surface area contributed by atoms with Crippen molar-refractivity contribution in [1.29, 1.82) is 0 Å². The molecule has 11 heteroatoms. The first-order chi connectivity index (χ1) is 9.68. The monoisotopic (exact) mass is 342 g/mol. The molecule has 0 spiro atoms. The highest BCUT2D eigenvalue weighted by molar-refractivity contribution is 6.02. The topological polar surface area (TPSA) is 17.1 Å². The van der Waals surface area contributed by atoms with Crippen molar-refractivity contribution in [2.75, 3.05) is 0 Å². The van der Waals surface area contributed by atoms with E-state index in [0.29, 0.717) is 6.07 Å².